The molecule has 1 aromatic carbocycles. The zero-order chi connectivity index (χ0) is 20.6. The van der Waals surface area contributed by atoms with Crippen molar-refractivity contribution >= 4 is 34.8 Å². The van der Waals surface area contributed by atoms with Gasteiger partial charge in [0.1, 0.15) is 6.61 Å². The Morgan fingerprint density at radius 3 is 2.48 bits per heavy atom. The molecular weight excluding hydrogens is 409 g/mol. The number of halogens is 2. The largest absolute Gasteiger partial charge is 0.372 e. The number of benzene rings is 1. The molecule has 0 spiro atoms. The van der Waals surface area contributed by atoms with E-state index < -0.39 is 0 Å². The van der Waals surface area contributed by atoms with Crippen molar-refractivity contribution in [1.29, 1.82) is 0 Å². The molecule has 1 aliphatic heterocycles. The molecule has 7 heteroatoms. The number of amides is 1. The summed E-state index contributed by atoms with van der Waals surface area (Å²) in [6.07, 6.45) is 5.86. The average molecular weight is 442 g/mol. The summed E-state index contributed by atoms with van der Waals surface area (Å²) in [6, 6.07) is 6.22. The third-order valence-corrected chi connectivity index (χ3v) is 6.88. The average Bonchev–Trinajstić information content (AvgIpc) is 2.74. The zero-order valence-corrected chi connectivity index (χ0v) is 18.9. The molecule has 1 saturated carbocycles. The second-order valence-corrected chi connectivity index (χ2v) is 8.95. The molecule has 1 amide bonds. The topological polar surface area (TPSA) is 44.8 Å². The molecule has 0 aromatic heterocycles. The van der Waals surface area contributed by atoms with E-state index in [-0.39, 0.29) is 12.5 Å². The van der Waals surface area contributed by atoms with Gasteiger partial charge in [-0.1, -0.05) is 23.2 Å². The van der Waals surface area contributed by atoms with Crippen LogP contribution in [0.3, 0.4) is 0 Å². The quantitative estimate of drug-likeness (QED) is 0.655. The maximum absolute atomic E-state index is 11.8. The molecule has 1 saturated heterocycles. The molecule has 2 aliphatic rings. The van der Waals surface area contributed by atoms with Crippen LogP contribution < -0.4 is 10.2 Å². The van der Waals surface area contributed by atoms with Crippen LogP contribution in [0, 0.1) is 5.92 Å². The molecule has 5 nitrogen and oxygen atoms in total. The Morgan fingerprint density at radius 2 is 1.83 bits per heavy atom. The Bertz CT molecular complexity index is 657. The van der Waals surface area contributed by atoms with Crippen LogP contribution in [0.25, 0.3) is 0 Å². The van der Waals surface area contributed by atoms with Crippen LogP contribution in [0.5, 0.6) is 0 Å². The number of rotatable bonds is 8. The molecule has 1 aliphatic carbocycles. The first-order valence-electron chi connectivity index (χ1n) is 10.8. The summed E-state index contributed by atoms with van der Waals surface area (Å²) in [6.45, 7) is 8.07. The second-order valence-electron chi connectivity index (χ2n) is 8.14. The number of hydrogen-bond acceptors (Lipinski definition) is 4. The predicted octanol–water partition coefficient (Wildman–Crippen LogP) is 4.22. The molecule has 1 heterocycles. The van der Waals surface area contributed by atoms with Crippen molar-refractivity contribution in [3.05, 3.63) is 28.2 Å². The lowest BCUT2D eigenvalue weighted by atomic mass is 9.84. The third kappa shape index (κ3) is 7.02. The number of nitrogens with zero attached hydrogens (tertiary/aromatic N) is 2. The molecule has 1 aromatic rings. The van der Waals surface area contributed by atoms with Gasteiger partial charge < -0.3 is 15.0 Å². The number of piperazine rings is 1. The molecule has 0 radical (unpaired) electrons. The smallest absolute Gasteiger partial charge is 0.246 e. The molecule has 3 rings (SSSR count). The first-order valence-corrected chi connectivity index (χ1v) is 11.6. The van der Waals surface area contributed by atoms with Crippen molar-refractivity contribution in [1.82, 2.24) is 10.2 Å². The molecule has 29 heavy (non-hydrogen) atoms. The van der Waals surface area contributed by atoms with E-state index in [1.54, 1.807) is 0 Å². The van der Waals surface area contributed by atoms with Gasteiger partial charge >= 0.3 is 0 Å². The number of hydrogen-bond donors (Lipinski definition) is 1. The zero-order valence-electron chi connectivity index (χ0n) is 17.3. The van der Waals surface area contributed by atoms with Crippen LogP contribution in [0.2, 0.25) is 10.0 Å². The van der Waals surface area contributed by atoms with Crippen LogP contribution in [0.15, 0.2) is 18.2 Å². The Labute approximate surface area is 184 Å². The fourth-order valence-electron chi connectivity index (χ4n) is 4.34. The molecule has 2 fully saturated rings. The van der Waals surface area contributed by atoms with E-state index in [2.05, 4.69) is 21.2 Å². The number of nitrogens with one attached hydrogen (secondary N) is 1. The van der Waals surface area contributed by atoms with E-state index in [0.717, 1.165) is 50.6 Å². The summed E-state index contributed by atoms with van der Waals surface area (Å²) in [5, 5.41) is 4.34. The lowest BCUT2D eigenvalue weighted by Crippen LogP contribution is -2.47. The maximum atomic E-state index is 11.8. The predicted molar refractivity (Wildman–Crippen MR) is 120 cm³/mol. The normalized spacial score (nSPS) is 23.2. The van der Waals surface area contributed by atoms with Gasteiger partial charge in [-0.05, 0) is 69.7 Å². The van der Waals surface area contributed by atoms with Crippen LogP contribution in [0.4, 0.5) is 5.69 Å². The van der Waals surface area contributed by atoms with Gasteiger partial charge in [0.05, 0.1) is 10.0 Å². The van der Waals surface area contributed by atoms with Crippen molar-refractivity contribution in [3.63, 3.8) is 0 Å². The summed E-state index contributed by atoms with van der Waals surface area (Å²) >= 11 is 12.2. The van der Waals surface area contributed by atoms with Crippen molar-refractivity contribution < 1.29 is 9.53 Å². The van der Waals surface area contributed by atoms with Crippen molar-refractivity contribution in [2.24, 2.45) is 5.92 Å². The molecule has 162 valence electrons. The summed E-state index contributed by atoms with van der Waals surface area (Å²) in [5.74, 6) is 0.804. The first kappa shape index (κ1) is 22.7. The monoisotopic (exact) mass is 441 g/mol. The highest BCUT2D eigenvalue weighted by atomic mass is 35.5. The van der Waals surface area contributed by atoms with E-state index in [1.807, 2.05) is 19.1 Å². The van der Waals surface area contributed by atoms with Crippen LogP contribution in [-0.2, 0) is 9.53 Å². The minimum absolute atomic E-state index is 0.0233. The van der Waals surface area contributed by atoms with Crippen LogP contribution in [0.1, 0.15) is 39.0 Å². The highest BCUT2D eigenvalue weighted by Crippen LogP contribution is 2.29. The fraction of sp³-hybridized carbons (Fsp3) is 0.682. The molecule has 0 unspecified atom stereocenters. The lowest BCUT2D eigenvalue weighted by molar-refractivity contribution is -0.126. The number of ether oxygens (including phenoxy) is 1. The van der Waals surface area contributed by atoms with Crippen molar-refractivity contribution in [2.75, 3.05) is 50.8 Å². The SMILES string of the molecule is CCOCC(=O)NC1CCC(CCN2CCN(c3ccc(Cl)c(Cl)c3)CC2)CC1. The number of anilines is 1. The standard InChI is InChI=1S/C22H33Cl2N3O2/c1-2-29-16-22(28)25-18-5-3-17(4-6-18)9-10-26-11-13-27(14-12-26)19-7-8-20(23)21(24)15-19/h7-8,15,17-18H,2-6,9-14,16H2,1H3,(H,25,28). The highest BCUT2D eigenvalue weighted by Gasteiger charge is 2.24. The van der Waals surface area contributed by atoms with Gasteiger partial charge in [-0.2, -0.15) is 0 Å². The van der Waals surface area contributed by atoms with Crippen LogP contribution >= 0.6 is 23.2 Å². The van der Waals surface area contributed by atoms with E-state index in [0.29, 0.717) is 22.7 Å². The number of carbonyl (C=O) groups excluding carboxylic acids is 1. The van der Waals surface area contributed by atoms with Gasteiger partial charge in [-0.25, -0.2) is 0 Å². The summed E-state index contributed by atoms with van der Waals surface area (Å²) < 4.78 is 5.18. The second kappa shape index (κ2) is 11.4. The van der Waals surface area contributed by atoms with E-state index in [1.165, 1.54) is 25.8 Å². The maximum Gasteiger partial charge on any atom is 0.246 e. The van der Waals surface area contributed by atoms with Crippen molar-refractivity contribution in [3.8, 4) is 0 Å². The van der Waals surface area contributed by atoms with Crippen LogP contribution in [-0.4, -0.2) is 62.8 Å². The minimum atomic E-state index is 0.0233. The minimum Gasteiger partial charge on any atom is -0.372 e. The summed E-state index contributed by atoms with van der Waals surface area (Å²) in [4.78, 5) is 16.7. The lowest BCUT2D eigenvalue weighted by Gasteiger charge is -2.37. The van der Waals surface area contributed by atoms with Gasteiger partial charge in [-0.15, -0.1) is 0 Å². The Kier molecular flexibility index (Phi) is 8.91. The molecule has 0 atom stereocenters. The third-order valence-electron chi connectivity index (χ3n) is 6.14. The van der Waals surface area contributed by atoms with Crippen molar-refractivity contribution in [2.45, 2.75) is 45.1 Å². The van der Waals surface area contributed by atoms with E-state index in [9.17, 15) is 4.79 Å². The van der Waals surface area contributed by atoms with E-state index >= 15 is 0 Å². The van der Waals surface area contributed by atoms with Gasteiger partial charge in [-0.3, -0.25) is 9.69 Å². The molecule has 1 N–H and O–H groups in total. The Balaban J connectivity index is 1.32. The van der Waals surface area contributed by atoms with E-state index in [4.69, 9.17) is 27.9 Å². The van der Waals surface area contributed by atoms with Gasteiger partial charge in [0.2, 0.25) is 5.91 Å². The Morgan fingerprint density at radius 1 is 1.10 bits per heavy atom. The number of carbonyl (C=O) groups is 1. The fourth-order valence-corrected chi connectivity index (χ4v) is 4.63. The molecular formula is C22H33Cl2N3O2. The first-order chi connectivity index (χ1) is 14.0. The van der Waals surface area contributed by atoms with Gasteiger partial charge in [0, 0.05) is 44.5 Å². The highest BCUT2D eigenvalue weighted by molar-refractivity contribution is 6.42. The summed E-state index contributed by atoms with van der Waals surface area (Å²) in [7, 11) is 0. The molecule has 0 bridgehead atoms. The van der Waals surface area contributed by atoms with Gasteiger partial charge in [0.15, 0.2) is 0 Å². The Hall–Kier alpha value is -1.01. The summed E-state index contributed by atoms with van der Waals surface area (Å²) in [5.41, 5.74) is 1.16. The van der Waals surface area contributed by atoms with Gasteiger partial charge in [0.25, 0.3) is 0 Å².